The van der Waals surface area contributed by atoms with E-state index in [2.05, 4.69) is 4.90 Å². The van der Waals surface area contributed by atoms with E-state index in [0.717, 1.165) is 0 Å². The van der Waals surface area contributed by atoms with Crippen molar-refractivity contribution >= 4 is 51.7 Å². The number of hydrogen-bond donors (Lipinski definition) is 0. The van der Waals surface area contributed by atoms with Crippen LogP contribution in [0.15, 0.2) is 56.9 Å². The average Bonchev–Trinajstić information content (AvgIpc) is 3.39. The van der Waals surface area contributed by atoms with Gasteiger partial charge in [0, 0.05) is 19.3 Å². The van der Waals surface area contributed by atoms with E-state index >= 15 is 0 Å². The topological polar surface area (TPSA) is 80.3 Å². The molecule has 2 fully saturated rings. The molecule has 2 saturated heterocycles. The summed E-state index contributed by atoms with van der Waals surface area (Å²) in [7, 11) is 0. The minimum atomic E-state index is -0.256. The summed E-state index contributed by atoms with van der Waals surface area (Å²) in [6, 6.07) is 8.98. The van der Waals surface area contributed by atoms with Gasteiger partial charge in [-0.2, -0.15) is 0 Å². The summed E-state index contributed by atoms with van der Waals surface area (Å²) < 4.78 is 13.1. The van der Waals surface area contributed by atoms with Crippen LogP contribution in [0.25, 0.3) is 11.7 Å². The Morgan fingerprint density at radius 1 is 1.18 bits per heavy atom. The number of carbonyl (C=O) groups excluding carboxylic acids is 1. The second kappa shape index (κ2) is 8.77. The van der Waals surface area contributed by atoms with E-state index in [4.69, 9.17) is 26.4 Å². The van der Waals surface area contributed by atoms with E-state index in [1.54, 1.807) is 42.8 Å². The molecule has 0 aromatic carbocycles. The van der Waals surface area contributed by atoms with Gasteiger partial charge in [-0.15, -0.1) is 0 Å². The minimum Gasteiger partial charge on any atom is -0.467 e. The Bertz CT molecular complexity index is 1310. The van der Waals surface area contributed by atoms with E-state index in [-0.39, 0.29) is 30.2 Å². The Hall–Kier alpha value is -2.95. The Labute approximate surface area is 199 Å². The second-order valence-electron chi connectivity index (χ2n) is 8.09. The molecule has 8 nitrogen and oxygen atoms in total. The van der Waals surface area contributed by atoms with E-state index in [1.807, 2.05) is 19.9 Å². The molecule has 170 valence electrons. The fraction of sp³-hybridized carbons (Fsp3) is 0.304. The number of thiocarbonyl (C=S) groups is 1. The van der Waals surface area contributed by atoms with Gasteiger partial charge < -0.3 is 14.1 Å². The lowest BCUT2D eigenvalue weighted by molar-refractivity contribution is -0.122. The van der Waals surface area contributed by atoms with E-state index < -0.39 is 0 Å². The number of anilines is 1. The van der Waals surface area contributed by atoms with Crippen molar-refractivity contribution in [2.75, 3.05) is 18.0 Å². The third kappa shape index (κ3) is 4.21. The highest BCUT2D eigenvalue weighted by Gasteiger charge is 2.34. The van der Waals surface area contributed by atoms with Crippen LogP contribution in [0.3, 0.4) is 0 Å². The van der Waals surface area contributed by atoms with Crippen molar-refractivity contribution in [2.45, 2.75) is 32.6 Å². The van der Waals surface area contributed by atoms with Gasteiger partial charge in [-0.3, -0.25) is 18.9 Å². The number of rotatable bonds is 4. The number of ether oxygens (including phenoxy) is 1. The number of morpholine rings is 1. The molecule has 0 aliphatic carbocycles. The molecule has 3 aromatic heterocycles. The highest BCUT2D eigenvalue weighted by molar-refractivity contribution is 8.26. The largest absolute Gasteiger partial charge is 0.467 e. The summed E-state index contributed by atoms with van der Waals surface area (Å²) in [5, 5.41) is 0. The fourth-order valence-corrected chi connectivity index (χ4v) is 5.37. The Morgan fingerprint density at radius 3 is 2.70 bits per heavy atom. The van der Waals surface area contributed by atoms with Gasteiger partial charge in [0.25, 0.3) is 11.5 Å². The number of furan rings is 1. The lowest BCUT2D eigenvalue weighted by Gasteiger charge is -2.36. The summed E-state index contributed by atoms with van der Waals surface area (Å²) >= 11 is 6.62. The highest BCUT2D eigenvalue weighted by Crippen LogP contribution is 2.34. The Kier molecular flexibility index (Phi) is 5.81. The number of thioether (sulfide) groups is 1. The molecular weight excluding hydrogens is 460 g/mol. The Balaban J connectivity index is 1.59. The molecule has 0 saturated carbocycles. The minimum absolute atomic E-state index is 0.0101. The first-order valence-electron chi connectivity index (χ1n) is 10.6. The van der Waals surface area contributed by atoms with E-state index in [9.17, 15) is 9.59 Å². The molecule has 5 heterocycles. The number of fused-ring (bicyclic) bond motifs is 1. The first-order valence-corrected chi connectivity index (χ1v) is 11.8. The van der Waals surface area contributed by atoms with Gasteiger partial charge >= 0.3 is 0 Å². The molecule has 1 amide bonds. The van der Waals surface area contributed by atoms with E-state index in [1.165, 1.54) is 21.1 Å². The first-order chi connectivity index (χ1) is 15.9. The lowest BCUT2D eigenvalue weighted by Crippen LogP contribution is -2.46. The molecule has 0 spiro atoms. The van der Waals surface area contributed by atoms with Crippen molar-refractivity contribution in [2.24, 2.45) is 0 Å². The van der Waals surface area contributed by atoms with Crippen molar-refractivity contribution in [3.05, 3.63) is 69.4 Å². The number of nitrogens with zero attached hydrogens (tertiary/aromatic N) is 4. The summed E-state index contributed by atoms with van der Waals surface area (Å²) in [4.78, 5) is 35.4. The molecule has 5 rings (SSSR count). The van der Waals surface area contributed by atoms with Crippen molar-refractivity contribution in [3.63, 3.8) is 0 Å². The third-order valence-electron chi connectivity index (χ3n) is 5.51. The van der Waals surface area contributed by atoms with Crippen LogP contribution in [0.5, 0.6) is 0 Å². The van der Waals surface area contributed by atoms with Crippen molar-refractivity contribution in [3.8, 4) is 0 Å². The van der Waals surface area contributed by atoms with E-state index in [0.29, 0.717) is 45.1 Å². The predicted molar refractivity (Wildman–Crippen MR) is 131 cm³/mol. The molecule has 0 radical (unpaired) electrons. The monoisotopic (exact) mass is 482 g/mol. The van der Waals surface area contributed by atoms with Crippen LogP contribution >= 0.6 is 24.0 Å². The lowest BCUT2D eigenvalue weighted by atomic mass is 10.2. The van der Waals surface area contributed by atoms with Crippen LogP contribution in [0.4, 0.5) is 5.82 Å². The normalized spacial score (nSPS) is 22.7. The van der Waals surface area contributed by atoms with Crippen LogP contribution in [-0.4, -0.2) is 49.8 Å². The van der Waals surface area contributed by atoms with Crippen LogP contribution in [0.1, 0.15) is 25.2 Å². The summed E-state index contributed by atoms with van der Waals surface area (Å²) in [6.07, 6.45) is 4.84. The molecule has 33 heavy (non-hydrogen) atoms. The molecular formula is C23H22N4O4S2. The van der Waals surface area contributed by atoms with Gasteiger partial charge in [0.15, 0.2) is 0 Å². The molecule has 0 N–H and O–H groups in total. The van der Waals surface area contributed by atoms with Crippen LogP contribution in [-0.2, 0) is 16.1 Å². The molecule has 3 aromatic rings. The zero-order valence-corrected chi connectivity index (χ0v) is 19.8. The number of carbonyl (C=O) groups is 1. The standard InChI is InChI=1S/C23H22N4O4S2/c1-14-11-25(12-15(2)31-14)20-17(21(28)26-8-4-3-7-19(26)24-20)10-18-22(29)27(23(32)33-18)13-16-6-5-9-30-16/h3-10,14-15H,11-13H2,1-2H3/b18-10+/t14-,15+. The third-order valence-corrected chi connectivity index (χ3v) is 6.89. The van der Waals surface area contributed by atoms with Crippen LogP contribution < -0.4 is 10.5 Å². The maximum absolute atomic E-state index is 13.5. The fourth-order valence-electron chi connectivity index (χ4n) is 4.14. The van der Waals surface area contributed by atoms with Crippen LogP contribution in [0.2, 0.25) is 0 Å². The van der Waals surface area contributed by atoms with Crippen molar-refractivity contribution < 1.29 is 13.9 Å². The molecule has 10 heteroatoms. The summed E-state index contributed by atoms with van der Waals surface area (Å²) in [6.45, 7) is 5.43. The average molecular weight is 483 g/mol. The summed E-state index contributed by atoms with van der Waals surface area (Å²) in [5.41, 5.74) is 0.670. The number of aromatic nitrogens is 2. The smallest absolute Gasteiger partial charge is 0.267 e. The van der Waals surface area contributed by atoms with Gasteiger partial charge in [0.1, 0.15) is 21.5 Å². The maximum atomic E-state index is 13.5. The van der Waals surface area contributed by atoms with Gasteiger partial charge in [0.05, 0.1) is 35.5 Å². The Morgan fingerprint density at radius 2 is 1.97 bits per heavy atom. The molecule has 2 aliphatic rings. The quantitative estimate of drug-likeness (QED) is 0.414. The van der Waals surface area contributed by atoms with Gasteiger partial charge in [-0.05, 0) is 44.2 Å². The maximum Gasteiger partial charge on any atom is 0.267 e. The van der Waals surface area contributed by atoms with Crippen molar-refractivity contribution in [1.29, 1.82) is 0 Å². The van der Waals surface area contributed by atoms with Crippen molar-refractivity contribution in [1.82, 2.24) is 14.3 Å². The second-order valence-corrected chi connectivity index (χ2v) is 9.77. The number of pyridine rings is 1. The zero-order valence-electron chi connectivity index (χ0n) is 18.1. The van der Waals surface area contributed by atoms with Gasteiger partial charge in [-0.1, -0.05) is 30.0 Å². The molecule has 0 unspecified atom stereocenters. The SMILES string of the molecule is C[C@@H]1CN(c2nc3ccccn3c(=O)c2/C=C2/SC(=S)N(Cc3ccco3)C2=O)C[C@H](C)O1. The zero-order chi connectivity index (χ0) is 23.1. The van der Waals surface area contributed by atoms with Gasteiger partial charge in [0.2, 0.25) is 0 Å². The molecule has 2 atom stereocenters. The summed E-state index contributed by atoms with van der Waals surface area (Å²) in [5.74, 6) is 0.926. The first kappa shape index (κ1) is 21.9. The number of hydrogen-bond acceptors (Lipinski definition) is 8. The number of amides is 1. The molecule has 2 aliphatic heterocycles. The van der Waals surface area contributed by atoms with Gasteiger partial charge in [-0.25, -0.2) is 4.98 Å². The molecule has 0 bridgehead atoms. The highest BCUT2D eigenvalue weighted by atomic mass is 32.2. The van der Waals surface area contributed by atoms with Crippen LogP contribution in [0, 0.1) is 0 Å². The predicted octanol–water partition coefficient (Wildman–Crippen LogP) is 3.30.